The molecule has 14 heavy (non-hydrogen) atoms. The van der Waals surface area contributed by atoms with Crippen molar-refractivity contribution in [1.29, 1.82) is 0 Å². The average molecular weight is 256 g/mol. The number of hydrogen-bond acceptors (Lipinski definition) is 2. The van der Waals surface area contributed by atoms with Crippen LogP contribution in [0.1, 0.15) is 24.3 Å². The van der Waals surface area contributed by atoms with Crippen molar-refractivity contribution in [3.05, 3.63) is 28.2 Å². The van der Waals surface area contributed by atoms with Crippen LogP contribution in [0.2, 0.25) is 0 Å². The molecule has 0 unspecified atom stereocenters. The molecule has 0 saturated carbocycles. The zero-order valence-electron chi connectivity index (χ0n) is 8.00. The molecule has 1 saturated heterocycles. The van der Waals surface area contributed by atoms with Crippen LogP contribution in [-0.4, -0.2) is 13.2 Å². The number of nitrogens with two attached hydrogens (primary N) is 1. The van der Waals surface area contributed by atoms with Gasteiger partial charge in [-0.05, 0) is 52.4 Å². The van der Waals surface area contributed by atoms with E-state index in [1.54, 1.807) is 0 Å². The second-order valence-corrected chi connectivity index (χ2v) is 4.52. The van der Waals surface area contributed by atoms with Gasteiger partial charge in [0.25, 0.3) is 0 Å². The molecule has 2 rings (SSSR count). The average Bonchev–Trinajstić information content (AvgIpc) is 2.23. The Bertz CT molecular complexity index is 321. The lowest BCUT2D eigenvalue weighted by molar-refractivity contribution is 0.0853. The first-order valence-electron chi connectivity index (χ1n) is 4.90. The molecule has 0 radical (unpaired) electrons. The molecule has 1 fully saturated rings. The molecule has 2 N–H and O–H groups in total. The van der Waals surface area contributed by atoms with Gasteiger partial charge in [0.2, 0.25) is 0 Å². The zero-order valence-corrected chi connectivity index (χ0v) is 9.59. The Labute approximate surface area is 92.6 Å². The van der Waals surface area contributed by atoms with Crippen molar-refractivity contribution >= 4 is 21.6 Å². The number of anilines is 1. The number of ether oxygens (including phenoxy) is 1. The highest BCUT2D eigenvalue weighted by atomic mass is 79.9. The molecule has 1 heterocycles. The van der Waals surface area contributed by atoms with Gasteiger partial charge in [-0.2, -0.15) is 0 Å². The highest BCUT2D eigenvalue weighted by molar-refractivity contribution is 9.10. The van der Waals surface area contributed by atoms with Gasteiger partial charge in [0.15, 0.2) is 0 Å². The molecule has 2 nitrogen and oxygen atoms in total. The molecule has 76 valence electrons. The zero-order chi connectivity index (χ0) is 9.97. The third-order valence-electron chi connectivity index (χ3n) is 2.71. The van der Waals surface area contributed by atoms with Crippen LogP contribution in [0.15, 0.2) is 22.7 Å². The molecule has 0 spiro atoms. The lowest BCUT2D eigenvalue weighted by atomic mass is 9.91. The van der Waals surface area contributed by atoms with Gasteiger partial charge in [-0.1, -0.05) is 6.07 Å². The molecule has 0 bridgehead atoms. The summed E-state index contributed by atoms with van der Waals surface area (Å²) in [5.74, 6) is 0.624. The first-order chi connectivity index (χ1) is 6.77. The summed E-state index contributed by atoms with van der Waals surface area (Å²) < 4.78 is 6.31. The smallest absolute Gasteiger partial charge is 0.0471 e. The second-order valence-electron chi connectivity index (χ2n) is 3.67. The summed E-state index contributed by atoms with van der Waals surface area (Å²) in [6, 6.07) is 6.25. The molecule has 1 aromatic carbocycles. The van der Waals surface area contributed by atoms with Crippen molar-refractivity contribution in [3.8, 4) is 0 Å². The van der Waals surface area contributed by atoms with Gasteiger partial charge >= 0.3 is 0 Å². The van der Waals surface area contributed by atoms with E-state index >= 15 is 0 Å². The van der Waals surface area contributed by atoms with Crippen LogP contribution in [0.5, 0.6) is 0 Å². The normalized spacial score (nSPS) is 18.4. The van der Waals surface area contributed by atoms with Gasteiger partial charge in [-0.3, -0.25) is 0 Å². The fourth-order valence-electron chi connectivity index (χ4n) is 1.85. The Morgan fingerprint density at radius 3 is 2.64 bits per heavy atom. The second kappa shape index (κ2) is 4.32. The van der Waals surface area contributed by atoms with Gasteiger partial charge in [-0.25, -0.2) is 0 Å². The number of benzene rings is 1. The summed E-state index contributed by atoms with van der Waals surface area (Å²) in [5, 5.41) is 0. The Balaban J connectivity index is 2.18. The molecular weight excluding hydrogens is 242 g/mol. The molecule has 3 heteroatoms. The van der Waals surface area contributed by atoms with Crippen LogP contribution in [0.25, 0.3) is 0 Å². The van der Waals surface area contributed by atoms with Crippen molar-refractivity contribution in [3.63, 3.8) is 0 Å². The summed E-state index contributed by atoms with van der Waals surface area (Å²) >= 11 is 3.40. The van der Waals surface area contributed by atoms with Crippen molar-refractivity contribution in [1.82, 2.24) is 0 Å². The van der Waals surface area contributed by atoms with Gasteiger partial charge in [-0.15, -0.1) is 0 Å². The van der Waals surface area contributed by atoms with Gasteiger partial charge < -0.3 is 10.5 Å². The van der Waals surface area contributed by atoms with Crippen LogP contribution >= 0.6 is 15.9 Å². The summed E-state index contributed by atoms with van der Waals surface area (Å²) in [7, 11) is 0. The van der Waals surface area contributed by atoms with Crippen molar-refractivity contribution in [2.45, 2.75) is 18.8 Å². The number of hydrogen-bond donors (Lipinski definition) is 1. The van der Waals surface area contributed by atoms with E-state index in [2.05, 4.69) is 28.1 Å². The van der Waals surface area contributed by atoms with Crippen molar-refractivity contribution in [2.75, 3.05) is 18.9 Å². The number of halogens is 1. The lowest BCUT2D eigenvalue weighted by Crippen LogP contribution is -2.14. The quantitative estimate of drug-likeness (QED) is 0.784. The van der Waals surface area contributed by atoms with E-state index in [0.717, 1.165) is 36.2 Å². The van der Waals surface area contributed by atoms with Crippen LogP contribution in [-0.2, 0) is 4.74 Å². The monoisotopic (exact) mass is 255 g/mol. The van der Waals surface area contributed by atoms with E-state index in [1.807, 2.05) is 6.07 Å². The Morgan fingerprint density at radius 1 is 1.29 bits per heavy atom. The topological polar surface area (TPSA) is 35.2 Å². The van der Waals surface area contributed by atoms with E-state index in [9.17, 15) is 0 Å². The molecule has 1 aromatic rings. The van der Waals surface area contributed by atoms with Gasteiger partial charge in [0.1, 0.15) is 0 Å². The fraction of sp³-hybridized carbons (Fsp3) is 0.455. The van der Waals surface area contributed by atoms with Gasteiger partial charge in [0, 0.05) is 23.4 Å². The maximum atomic E-state index is 5.85. The van der Waals surface area contributed by atoms with E-state index in [0.29, 0.717) is 5.92 Å². The number of nitrogen functional groups attached to an aromatic ring is 1. The number of rotatable bonds is 1. The van der Waals surface area contributed by atoms with Gasteiger partial charge in [0.05, 0.1) is 0 Å². The first-order valence-corrected chi connectivity index (χ1v) is 5.69. The van der Waals surface area contributed by atoms with Crippen molar-refractivity contribution < 1.29 is 4.74 Å². The predicted molar refractivity (Wildman–Crippen MR) is 61.3 cm³/mol. The fourth-order valence-corrected chi connectivity index (χ4v) is 2.09. The maximum Gasteiger partial charge on any atom is 0.0471 e. The lowest BCUT2D eigenvalue weighted by Gasteiger charge is -2.22. The minimum atomic E-state index is 0.624. The molecule has 0 atom stereocenters. The SMILES string of the molecule is Nc1cc(C2CCOCC2)ccc1Br. The molecule has 0 aromatic heterocycles. The summed E-state index contributed by atoms with van der Waals surface area (Å²) in [6.45, 7) is 1.75. The van der Waals surface area contributed by atoms with E-state index in [-0.39, 0.29) is 0 Å². The molecule has 1 aliphatic heterocycles. The molecule has 1 aliphatic rings. The predicted octanol–water partition coefficient (Wildman–Crippen LogP) is 2.93. The molecule has 0 aliphatic carbocycles. The highest BCUT2D eigenvalue weighted by Crippen LogP contribution is 2.30. The van der Waals surface area contributed by atoms with Crippen LogP contribution in [0.3, 0.4) is 0 Å². The maximum absolute atomic E-state index is 5.85. The summed E-state index contributed by atoms with van der Waals surface area (Å²) in [6.07, 6.45) is 2.22. The van der Waals surface area contributed by atoms with Crippen LogP contribution in [0, 0.1) is 0 Å². The van der Waals surface area contributed by atoms with E-state index < -0.39 is 0 Å². The Hall–Kier alpha value is -0.540. The Morgan fingerprint density at radius 2 is 2.00 bits per heavy atom. The summed E-state index contributed by atoms with van der Waals surface area (Å²) in [5.41, 5.74) is 8.02. The summed E-state index contributed by atoms with van der Waals surface area (Å²) in [4.78, 5) is 0. The van der Waals surface area contributed by atoms with Crippen LogP contribution in [0.4, 0.5) is 5.69 Å². The minimum absolute atomic E-state index is 0.624. The molecular formula is C11H14BrNO. The van der Waals surface area contributed by atoms with E-state index in [4.69, 9.17) is 10.5 Å². The first kappa shape index (κ1) is 9.99. The van der Waals surface area contributed by atoms with Crippen molar-refractivity contribution in [2.24, 2.45) is 0 Å². The molecule has 0 amide bonds. The largest absolute Gasteiger partial charge is 0.398 e. The minimum Gasteiger partial charge on any atom is -0.398 e. The van der Waals surface area contributed by atoms with E-state index in [1.165, 1.54) is 5.56 Å². The standard InChI is InChI=1S/C11H14BrNO/c12-10-2-1-9(7-11(10)13)8-3-5-14-6-4-8/h1-2,7-8H,3-6,13H2. The third kappa shape index (κ3) is 2.10. The third-order valence-corrected chi connectivity index (χ3v) is 3.43. The highest BCUT2D eigenvalue weighted by Gasteiger charge is 2.16. The van der Waals surface area contributed by atoms with Crippen LogP contribution < -0.4 is 5.73 Å². The Kier molecular flexibility index (Phi) is 3.08.